The number of aryl methyl sites for hydroxylation is 1. The fourth-order valence-electron chi connectivity index (χ4n) is 1.96. The number of phenolic OH excluding ortho intramolecular Hbond substituents is 1. The predicted octanol–water partition coefficient (Wildman–Crippen LogP) is 1.98. The largest absolute Gasteiger partial charge is 0.508 e. The highest BCUT2D eigenvalue weighted by molar-refractivity contribution is 5.40. The molecule has 0 amide bonds. The third-order valence-electron chi connectivity index (χ3n) is 3.07. The van der Waals surface area contributed by atoms with Crippen LogP contribution in [0.5, 0.6) is 11.5 Å². The maximum Gasteiger partial charge on any atom is 0.141 e. The van der Waals surface area contributed by atoms with Gasteiger partial charge in [-0.1, -0.05) is 12.1 Å². The summed E-state index contributed by atoms with van der Waals surface area (Å²) in [4.78, 5) is 4.10. The van der Waals surface area contributed by atoms with Gasteiger partial charge in [0.05, 0.1) is 18.9 Å². The Morgan fingerprint density at radius 3 is 2.75 bits per heavy atom. The molecular formula is C15H18N2O3. The van der Waals surface area contributed by atoms with Gasteiger partial charge in [-0.25, -0.2) is 0 Å². The zero-order valence-electron chi connectivity index (χ0n) is 11.3. The second-order valence-electron chi connectivity index (χ2n) is 4.56. The minimum atomic E-state index is 0.131. The number of nitrogens with zero attached hydrogens (tertiary/aromatic N) is 1. The minimum absolute atomic E-state index is 0.131. The second-order valence-corrected chi connectivity index (χ2v) is 4.56. The first-order valence-corrected chi connectivity index (χ1v) is 6.34. The monoisotopic (exact) mass is 274 g/mol. The van der Waals surface area contributed by atoms with Gasteiger partial charge in [0.15, 0.2) is 0 Å². The molecule has 0 bridgehead atoms. The highest BCUT2D eigenvalue weighted by Crippen LogP contribution is 2.24. The van der Waals surface area contributed by atoms with Gasteiger partial charge < -0.3 is 20.7 Å². The first kappa shape index (κ1) is 14.3. The molecule has 5 nitrogen and oxygen atoms in total. The van der Waals surface area contributed by atoms with Crippen LogP contribution in [0.3, 0.4) is 0 Å². The number of hydrogen-bond donors (Lipinski definition) is 3. The first-order chi connectivity index (χ1) is 9.61. The Morgan fingerprint density at radius 2 is 2.05 bits per heavy atom. The minimum Gasteiger partial charge on any atom is -0.508 e. The van der Waals surface area contributed by atoms with Gasteiger partial charge in [-0.3, -0.25) is 4.98 Å². The number of pyridine rings is 1. The van der Waals surface area contributed by atoms with Crippen molar-refractivity contribution in [2.75, 3.05) is 0 Å². The Morgan fingerprint density at radius 1 is 1.25 bits per heavy atom. The number of rotatable bonds is 5. The maximum atomic E-state index is 9.90. The summed E-state index contributed by atoms with van der Waals surface area (Å²) >= 11 is 0. The molecule has 2 aromatic rings. The van der Waals surface area contributed by atoms with Crippen LogP contribution >= 0.6 is 0 Å². The molecule has 1 heterocycles. The number of aromatic nitrogens is 1. The van der Waals surface area contributed by atoms with Crippen molar-refractivity contribution in [2.45, 2.75) is 26.7 Å². The van der Waals surface area contributed by atoms with Gasteiger partial charge >= 0.3 is 0 Å². The van der Waals surface area contributed by atoms with E-state index in [1.165, 1.54) is 0 Å². The number of hydrogen-bond acceptors (Lipinski definition) is 5. The van der Waals surface area contributed by atoms with E-state index in [4.69, 9.17) is 10.5 Å². The first-order valence-electron chi connectivity index (χ1n) is 6.34. The summed E-state index contributed by atoms with van der Waals surface area (Å²) in [6.45, 7) is 2.64. The number of aromatic hydroxyl groups is 2. The molecule has 0 radical (unpaired) electrons. The Bertz CT molecular complexity index is 600. The van der Waals surface area contributed by atoms with Crippen LogP contribution in [-0.4, -0.2) is 15.2 Å². The number of phenols is 1. The SMILES string of the molecule is Cc1ncc(COCc2cccc(O)c2)c(CN)c1O. The molecule has 0 aliphatic heterocycles. The van der Waals surface area contributed by atoms with Gasteiger partial charge in [0.2, 0.25) is 0 Å². The van der Waals surface area contributed by atoms with E-state index in [0.717, 1.165) is 11.1 Å². The average Bonchev–Trinajstić information content (AvgIpc) is 2.43. The van der Waals surface area contributed by atoms with Crippen molar-refractivity contribution >= 4 is 0 Å². The summed E-state index contributed by atoms with van der Waals surface area (Å²) in [6, 6.07) is 6.89. The molecule has 0 aliphatic carbocycles. The molecule has 0 spiro atoms. The van der Waals surface area contributed by atoms with Gasteiger partial charge in [0, 0.05) is 23.9 Å². The predicted molar refractivity (Wildman–Crippen MR) is 75.1 cm³/mol. The molecule has 0 saturated carbocycles. The third kappa shape index (κ3) is 3.26. The van der Waals surface area contributed by atoms with E-state index >= 15 is 0 Å². The Hall–Kier alpha value is -2.11. The zero-order chi connectivity index (χ0) is 14.5. The molecular weight excluding hydrogens is 256 g/mol. The van der Waals surface area contributed by atoms with E-state index in [-0.39, 0.29) is 18.0 Å². The lowest BCUT2D eigenvalue weighted by molar-refractivity contribution is 0.106. The summed E-state index contributed by atoms with van der Waals surface area (Å²) in [5.74, 6) is 0.342. The Labute approximate surface area is 117 Å². The lowest BCUT2D eigenvalue weighted by Gasteiger charge is -2.11. The van der Waals surface area contributed by atoms with Gasteiger partial charge in [-0.15, -0.1) is 0 Å². The van der Waals surface area contributed by atoms with Crippen LogP contribution in [0, 0.1) is 6.92 Å². The standard InChI is InChI=1S/C15H18N2O3/c1-10-15(19)14(6-16)12(7-17-10)9-20-8-11-3-2-4-13(18)5-11/h2-5,7,18-19H,6,8-9,16H2,1H3. The smallest absolute Gasteiger partial charge is 0.141 e. The molecule has 5 heteroatoms. The van der Waals surface area contributed by atoms with Crippen LogP contribution < -0.4 is 5.73 Å². The summed E-state index contributed by atoms with van der Waals surface area (Å²) in [7, 11) is 0. The van der Waals surface area contributed by atoms with E-state index in [1.807, 2.05) is 6.07 Å². The summed E-state index contributed by atoms with van der Waals surface area (Å²) in [5, 5.41) is 19.3. The maximum absolute atomic E-state index is 9.90. The van der Waals surface area contributed by atoms with Gasteiger partial charge in [0.25, 0.3) is 0 Å². The van der Waals surface area contributed by atoms with Crippen LogP contribution in [0.1, 0.15) is 22.4 Å². The quantitative estimate of drug-likeness (QED) is 0.775. The van der Waals surface area contributed by atoms with Crippen LogP contribution in [0.25, 0.3) is 0 Å². The zero-order valence-corrected chi connectivity index (χ0v) is 11.3. The van der Waals surface area contributed by atoms with Crippen molar-refractivity contribution in [1.82, 2.24) is 4.98 Å². The second kappa shape index (κ2) is 6.36. The van der Waals surface area contributed by atoms with Crippen molar-refractivity contribution in [2.24, 2.45) is 5.73 Å². The van der Waals surface area contributed by atoms with E-state index < -0.39 is 0 Å². The van der Waals surface area contributed by atoms with Crippen LogP contribution in [0.4, 0.5) is 0 Å². The molecule has 106 valence electrons. The highest BCUT2D eigenvalue weighted by atomic mass is 16.5. The summed E-state index contributed by atoms with van der Waals surface area (Å²) < 4.78 is 5.58. The fraction of sp³-hybridized carbons (Fsp3) is 0.267. The molecule has 4 N–H and O–H groups in total. The highest BCUT2D eigenvalue weighted by Gasteiger charge is 2.10. The van der Waals surface area contributed by atoms with Crippen molar-refractivity contribution in [3.8, 4) is 11.5 Å². The Balaban J connectivity index is 2.03. The van der Waals surface area contributed by atoms with Crippen molar-refractivity contribution in [3.63, 3.8) is 0 Å². The van der Waals surface area contributed by atoms with E-state index in [9.17, 15) is 10.2 Å². The molecule has 1 aromatic heterocycles. The molecule has 0 atom stereocenters. The molecule has 0 unspecified atom stereocenters. The average molecular weight is 274 g/mol. The van der Waals surface area contributed by atoms with Gasteiger partial charge in [0.1, 0.15) is 11.5 Å². The normalized spacial score (nSPS) is 10.7. The Kier molecular flexibility index (Phi) is 4.55. The van der Waals surface area contributed by atoms with Crippen LogP contribution in [0.15, 0.2) is 30.5 Å². The third-order valence-corrected chi connectivity index (χ3v) is 3.07. The summed E-state index contributed by atoms with van der Waals surface area (Å²) in [6.07, 6.45) is 1.67. The lowest BCUT2D eigenvalue weighted by Crippen LogP contribution is -2.06. The van der Waals surface area contributed by atoms with Gasteiger partial charge in [-0.05, 0) is 24.6 Å². The molecule has 2 rings (SSSR count). The van der Waals surface area contributed by atoms with E-state index in [1.54, 1.807) is 31.3 Å². The van der Waals surface area contributed by atoms with Crippen LogP contribution in [0.2, 0.25) is 0 Å². The number of nitrogens with two attached hydrogens (primary N) is 1. The molecule has 1 aromatic carbocycles. The van der Waals surface area contributed by atoms with Crippen molar-refractivity contribution in [1.29, 1.82) is 0 Å². The van der Waals surface area contributed by atoms with E-state index in [2.05, 4.69) is 4.98 Å². The number of ether oxygens (including phenoxy) is 1. The van der Waals surface area contributed by atoms with Crippen molar-refractivity contribution < 1.29 is 14.9 Å². The van der Waals surface area contributed by atoms with Gasteiger partial charge in [-0.2, -0.15) is 0 Å². The van der Waals surface area contributed by atoms with E-state index in [0.29, 0.717) is 24.5 Å². The molecule has 0 aliphatic rings. The number of benzene rings is 1. The molecule has 0 saturated heterocycles. The van der Waals surface area contributed by atoms with Crippen molar-refractivity contribution in [3.05, 3.63) is 52.8 Å². The summed E-state index contributed by atoms with van der Waals surface area (Å²) in [5.41, 5.74) is 8.52. The fourth-order valence-corrected chi connectivity index (χ4v) is 1.96. The lowest BCUT2D eigenvalue weighted by atomic mass is 10.1. The molecule has 0 fully saturated rings. The van der Waals surface area contributed by atoms with Crippen LogP contribution in [-0.2, 0) is 24.5 Å². The molecule has 20 heavy (non-hydrogen) atoms. The topological polar surface area (TPSA) is 88.6 Å².